The van der Waals surface area contributed by atoms with Crippen LogP contribution in [0.4, 0.5) is 0 Å². The molecule has 0 aromatic rings. The molecule has 0 aromatic heterocycles. The molecule has 1 nitrogen and oxygen atoms in total. The van der Waals surface area contributed by atoms with Gasteiger partial charge in [-0.2, -0.15) is 0 Å². The lowest BCUT2D eigenvalue weighted by molar-refractivity contribution is 0.626. The van der Waals surface area contributed by atoms with E-state index in [0.29, 0.717) is 0 Å². The van der Waals surface area contributed by atoms with E-state index in [1.54, 1.807) is 0 Å². The second kappa shape index (κ2) is 1.94. The van der Waals surface area contributed by atoms with E-state index < -0.39 is 0 Å². The summed E-state index contributed by atoms with van der Waals surface area (Å²) in [5, 5.41) is 0. The van der Waals surface area contributed by atoms with Crippen LogP contribution in [0.15, 0.2) is 16.1 Å². The van der Waals surface area contributed by atoms with E-state index in [1.165, 1.54) is 16.9 Å². The Balaban J connectivity index is 3.12. The van der Waals surface area contributed by atoms with Crippen LogP contribution in [0.25, 0.3) is 0 Å². The van der Waals surface area contributed by atoms with E-state index in [-0.39, 0.29) is 5.54 Å². The van der Waals surface area contributed by atoms with Crippen molar-refractivity contribution in [2.24, 2.45) is 4.99 Å². The number of allylic oxidation sites excluding steroid dienone is 1. The molecule has 0 fully saturated rings. The summed E-state index contributed by atoms with van der Waals surface area (Å²) in [5.41, 5.74) is 4.03. The molecule has 1 aliphatic rings. The predicted octanol–water partition coefficient (Wildman–Crippen LogP) is 2.58. The molecule has 0 unspecified atom stereocenters. The first-order chi connectivity index (χ1) is 4.45. The molecule has 0 saturated heterocycles. The van der Waals surface area contributed by atoms with Crippen molar-refractivity contribution in [1.29, 1.82) is 0 Å². The largest absolute Gasteiger partial charge is 0.279 e. The summed E-state index contributed by atoms with van der Waals surface area (Å²) in [6, 6.07) is 0. The molecule has 0 atom stereocenters. The van der Waals surface area contributed by atoms with Crippen LogP contribution >= 0.6 is 0 Å². The van der Waals surface area contributed by atoms with Gasteiger partial charge in [-0.1, -0.05) is 0 Å². The Morgan fingerprint density at radius 1 is 1.10 bits per heavy atom. The molecule has 0 saturated carbocycles. The van der Waals surface area contributed by atoms with Crippen molar-refractivity contribution in [2.75, 3.05) is 0 Å². The summed E-state index contributed by atoms with van der Waals surface area (Å²) >= 11 is 0. The molecule has 0 aliphatic carbocycles. The summed E-state index contributed by atoms with van der Waals surface area (Å²) in [6.07, 6.45) is 0. The van der Waals surface area contributed by atoms with Gasteiger partial charge in [0.25, 0.3) is 0 Å². The molecule has 0 aromatic carbocycles. The van der Waals surface area contributed by atoms with Crippen molar-refractivity contribution >= 4 is 5.71 Å². The van der Waals surface area contributed by atoms with Crippen molar-refractivity contribution in [3.8, 4) is 0 Å². The fraction of sp³-hybridized carbons (Fsp3) is 0.667. The Kier molecular flexibility index (Phi) is 1.46. The van der Waals surface area contributed by atoms with Crippen LogP contribution < -0.4 is 0 Å². The van der Waals surface area contributed by atoms with E-state index in [0.717, 1.165) is 0 Å². The second-order valence-corrected chi connectivity index (χ2v) is 3.51. The Labute approximate surface area is 62.9 Å². The van der Waals surface area contributed by atoms with Gasteiger partial charge in [-0.15, -0.1) is 0 Å². The Morgan fingerprint density at radius 2 is 1.60 bits per heavy atom. The van der Waals surface area contributed by atoms with E-state index >= 15 is 0 Å². The van der Waals surface area contributed by atoms with Crippen LogP contribution in [0.2, 0.25) is 0 Å². The molecule has 1 rings (SSSR count). The minimum absolute atomic E-state index is 0.0637. The van der Waals surface area contributed by atoms with Gasteiger partial charge in [0.15, 0.2) is 0 Å². The number of nitrogens with zero attached hydrogens (tertiary/aromatic N) is 1. The average Bonchev–Trinajstić information content (AvgIpc) is 1.95. The third-order valence-corrected chi connectivity index (χ3v) is 2.47. The predicted molar refractivity (Wildman–Crippen MR) is 45.6 cm³/mol. The molecule has 0 N–H and O–H groups in total. The molecule has 0 bridgehead atoms. The minimum Gasteiger partial charge on any atom is -0.279 e. The molecule has 10 heavy (non-hydrogen) atoms. The van der Waals surface area contributed by atoms with Gasteiger partial charge in [-0.3, -0.25) is 4.99 Å². The fourth-order valence-corrected chi connectivity index (χ4v) is 1.32. The van der Waals surface area contributed by atoms with Crippen LogP contribution in [0.5, 0.6) is 0 Å². The zero-order chi connectivity index (χ0) is 7.94. The number of aliphatic imine (C=N–C) groups is 1. The average molecular weight is 137 g/mol. The maximum absolute atomic E-state index is 4.53. The molecule has 0 radical (unpaired) electrons. The first-order valence-corrected chi connectivity index (χ1v) is 3.70. The lowest BCUT2D eigenvalue weighted by Crippen LogP contribution is -2.14. The monoisotopic (exact) mass is 137 g/mol. The van der Waals surface area contributed by atoms with Gasteiger partial charge < -0.3 is 0 Å². The molecule has 0 spiro atoms. The summed E-state index contributed by atoms with van der Waals surface area (Å²) in [7, 11) is 0. The van der Waals surface area contributed by atoms with Gasteiger partial charge in [0.1, 0.15) is 0 Å². The van der Waals surface area contributed by atoms with Crippen molar-refractivity contribution in [1.82, 2.24) is 0 Å². The van der Waals surface area contributed by atoms with Crippen LogP contribution in [0.3, 0.4) is 0 Å². The zero-order valence-electron chi connectivity index (χ0n) is 7.45. The molecular weight excluding hydrogens is 122 g/mol. The Morgan fingerprint density at radius 3 is 1.70 bits per heavy atom. The topological polar surface area (TPSA) is 12.4 Å². The van der Waals surface area contributed by atoms with E-state index in [9.17, 15) is 0 Å². The molecular formula is C9H15N. The van der Waals surface area contributed by atoms with Crippen LogP contribution in [0.1, 0.15) is 34.6 Å². The first-order valence-electron chi connectivity index (χ1n) is 3.70. The zero-order valence-corrected chi connectivity index (χ0v) is 7.45. The van der Waals surface area contributed by atoms with Crippen molar-refractivity contribution < 1.29 is 0 Å². The first kappa shape index (κ1) is 7.52. The van der Waals surface area contributed by atoms with Gasteiger partial charge in [0.2, 0.25) is 0 Å². The van der Waals surface area contributed by atoms with E-state index in [1.807, 2.05) is 0 Å². The number of hydrogen-bond acceptors (Lipinski definition) is 1. The van der Waals surface area contributed by atoms with Crippen molar-refractivity contribution in [3.63, 3.8) is 0 Å². The van der Waals surface area contributed by atoms with Crippen LogP contribution in [-0.4, -0.2) is 11.3 Å². The Bertz CT molecular complexity index is 219. The number of hydrogen-bond donors (Lipinski definition) is 0. The van der Waals surface area contributed by atoms with Gasteiger partial charge in [0.05, 0.1) is 5.54 Å². The fourth-order valence-electron chi connectivity index (χ4n) is 1.32. The molecule has 1 aliphatic heterocycles. The van der Waals surface area contributed by atoms with E-state index in [4.69, 9.17) is 0 Å². The van der Waals surface area contributed by atoms with Gasteiger partial charge in [-0.05, 0) is 45.8 Å². The minimum atomic E-state index is 0.0637. The number of rotatable bonds is 0. The maximum Gasteiger partial charge on any atom is 0.0767 e. The highest BCUT2D eigenvalue weighted by Gasteiger charge is 2.26. The smallest absolute Gasteiger partial charge is 0.0767 e. The summed E-state index contributed by atoms with van der Waals surface area (Å²) in [6.45, 7) is 10.7. The van der Waals surface area contributed by atoms with Gasteiger partial charge in [-0.25, -0.2) is 0 Å². The maximum atomic E-state index is 4.53. The van der Waals surface area contributed by atoms with Crippen molar-refractivity contribution in [2.45, 2.75) is 40.2 Å². The normalized spacial score (nSPS) is 23.5. The lowest BCUT2D eigenvalue weighted by atomic mass is 9.95. The standard InChI is InChI=1S/C9H15N/c1-6-7(2)9(4,5)10-8(6)3/h1-5H3. The van der Waals surface area contributed by atoms with Gasteiger partial charge in [0, 0.05) is 5.71 Å². The van der Waals surface area contributed by atoms with Gasteiger partial charge >= 0.3 is 0 Å². The third-order valence-electron chi connectivity index (χ3n) is 2.47. The SMILES string of the molecule is CC1=NC(C)(C)C(C)=C1C. The second-order valence-electron chi connectivity index (χ2n) is 3.51. The molecule has 1 heterocycles. The summed E-state index contributed by atoms with van der Waals surface area (Å²) in [4.78, 5) is 4.53. The third kappa shape index (κ3) is 0.898. The lowest BCUT2D eigenvalue weighted by Gasteiger charge is -2.15. The quantitative estimate of drug-likeness (QED) is 0.486. The Hall–Kier alpha value is -0.590. The van der Waals surface area contributed by atoms with Crippen LogP contribution in [0, 0.1) is 0 Å². The summed E-state index contributed by atoms with van der Waals surface area (Å²) < 4.78 is 0. The molecule has 1 heteroatoms. The van der Waals surface area contributed by atoms with Crippen molar-refractivity contribution in [3.05, 3.63) is 11.1 Å². The summed E-state index contributed by atoms with van der Waals surface area (Å²) in [5.74, 6) is 0. The molecule has 0 amide bonds. The van der Waals surface area contributed by atoms with E-state index in [2.05, 4.69) is 39.6 Å². The molecule has 56 valence electrons. The highest BCUT2D eigenvalue weighted by Crippen LogP contribution is 2.30. The van der Waals surface area contributed by atoms with Crippen LogP contribution in [-0.2, 0) is 0 Å². The highest BCUT2D eigenvalue weighted by molar-refractivity contribution is 6.01. The highest BCUT2D eigenvalue weighted by atomic mass is 14.9.